The molecule has 1 aliphatic rings. The van der Waals surface area contributed by atoms with Gasteiger partial charge in [-0.15, -0.1) is 0 Å². The van der Waals surface area contributed by atoms with Crippen molar-refractivity contribution in [3.63, 3.8) is 0 Å². The minimum absolute atomic E-state index is 0.0277. The molecule has 1 amide bonds. The first-order valence-corrected chi connectivity index (χ1v) is 7.50. The third-order valence-corrected chi connectivity index (χ3v) is 4.22. The molecule has 4 heterocycles. The first-order valence-electron chi connectivity index (χ1n) is 7.50. The number of aromatic amines is 1. The van der Waals surface area contributed by atoms with Gasteiger partial charge in [-0.2, -0.15) is 0 Å². The normalized spacial score (nSPS) is 17.2. The number of hydrogen-bond donors (Lipinski definition) is 2. The van der Waals surface area contributed by atoms with Crippen LogP contribution in [0.15, 0.2) is 29.6 Å². The lowest BCUT2D eigenvalue weighted by atomic mass is 10.1. The summed E-state index contributed by atoms with van der Waals surface area (Å²) in [6.07, 6.45) is 8.14. The molecule has 3 aromatic heterocycles. The van der Waals surface area contributed by atoms with E-state index < -0.39 is 0 Å². The molecule has 23 heavy (non-hydrogen) atoms. The molecule has 118 valence electrons. The van der Waals surface area contributed by atoms with Crippen LogP contribution in [0.25, 0.3) is 5.65 Å². The number of nitrogens with one attached hydrogen (secondary N) is 2. The second-order valence-corrected chi connectivity index (χ2v) is 5.78. The first kappa shape index (κ1) is 13.7. The Bertz CT molecular complexity index is 950. The van der Waals surface area contributed by atoms with Crippen molar-refractivity contribution in [2.45, 2.75) is 32.4 Å². The predicted molar refractivity (Wildman–Crippen MR) is 82.4 cm³/mol. The molecule has 0 saturated carbocycles. The van der Waals surface area contributed by atoms with Crippen LogP contribution in [0.1, 0.15) is 28.4 Å². The summed E-state index contributed by atoms with van der Waals surface area (Å²) in [7, 11) is 0. The molecule has 2 N–H and O–H groups in total. The number of carbonyl (C=O) groups excluding carboxylic acids is 1. The van der Waals surface area contributed by atoms with Gasteiger partial charge in [0.1, 0.15) is 11.5 Å². The van der Waals surface area contributed by atoms with Crippen LogP contribution in [0, 0.1) is 6.92 Å². The van der Waals surface area contributed by atoms with Crippen molar-refractivity contribution in [3.8, 4) is 0 Å². The lowest BCUT2D eigenvalue weighted by Gasteiger charge is -2.24. The number of carbonyl (C=O) groups is 1. The van der Waals surface area contributed by atoms with Crippen molar-refractivity contribution in [3.05, 3.63) is 52.4 Å². The number of imidazole rings is 2. The third-order valence-electron chi connectivity index (χ3n) is 4.22. The molecule has 0 radical (unpaired) electrons. The summed E-state index contributed by atoms with van der Waals surface area (Å²) in [6.45, 7) is 2.88. The van der Waals surface area contributed by atoms with Crippen molar-refractivity contribution >= 4 is 11.6 Å². The van der Waals surface area contributed by atoms with Gasteiger partial charge in [0, 0.05) is 49.5 Å². The summed E-state index contributed by atoms with van der Waals surface area (Å²) in [5, 5.41) is 2.99. The molecule has 1 atom stereocenters. The van der Waals surface area contributed by atoms with E-state index in [-0.39, 0.29) is 28.8 Å². The second kappa shape index (κ2) is 5.08. The van der Waals surface area contributed by atoms with Crippen LogP contribution < -0.4 is 10.9 Å². The SMILES string of the molecule is Cc1cnc2n1CCC(NC(=O)c1cn3cc[nH]c(=O)c3n1)C2. The van der Waals surface area contributed by atoms with Gasteiger partial charge in [-0.1, -0.05) is 0 Å². The summed E-state index contributed by atoms with van der Waals surface area (Å²) >= 11 is 0. The van der Waals surface area contributed by atoms with E-state index in [9.17, 15) is 9.59 Å². The molecule has 0 aliphatic carbocycles. The van der Waals surface area contributed by atoms with Crippen LogP contribution in [0.5, 0.6) is 0 Å². The van der Waals surface area contributed by atoms with Crippen LogP contribution in [0.4, 0.5) is 0 Å². The highest BCUT2D eigenvalue weighted by atomic mass is 16.2. The highest BCUT2D eigenvalue weighted by Gasteiger charge is 2.23. The van der Waals surface area contributed by atoms with Gasteiger partial charge in [-0.05, 0) is 13.3 Å². The molecule has 0 spiro atoms. The Morgan fingerprint density at radius 2 is 2.35 bits per heavy atom. The lowest BCUT2D eigenvalue weighted by molar-refractivity contribution is 0.0926. The summed E-state index contributed by atoms with van der Waals surface area (Å²) in [5.74, 6) is 0.723. The number of fused-ring (bicyclic) bond motifs is 2. The quantitative estimate of drug-likeness (QED) is 0.710. The van der Waals surface area contributed by atoms with Crippen molar-refractivity contribution in [2.24, 2.45) is 0 Å². The van der Waals surface area contributed by atoms with E-state index in [4.69, 9.17) is 0 Å². The van der Waals surface area contributed by atoms with E-state index in [2.05, 4.69) is 24.8 Å². The molecule has 8 heteroatoms. The van der Waals surface area contributed by atoms with Crippen molar-refractivity contribution < 1.29 is 4.79 Å². The zero-order valence-corrected chi connectivity index (χ0v) is 12.6. The smallest absolute Gasteiger partial charge is 0.291 e. The largest absolute Gasteiger partial charge is 0.347 e. The molecule has 3 aromatic rings. The Kier molecular flexibility index (Phi) is 3.03. The minimum Gasteiger partial charge on any atom is -0.347 e. The van der Waals surface area contributed by atoms with Gasteiger partial charge in [0.15, 0.2) is 0 Å². The average molecular weight is 312 g/mol. The minimum atomic E-state index is -0.318. The van der Waals surface area contributed by atoms with Gasteiger partial charge in [-0.3, -0.25) is 9.59 Å². The number of nitrogens with zero attached hydrogens (tertiary/aromatic N) is 4. The maximum absolute atomic E-state index is 12.4. The Morgan fingerprint density at radius 1 is 1.48 bits per heavy atom. The van der Waals surface area contributed by atoms with Gasteiger partial charge in [0.25, 0.3) is 11.5 Å². The highest BCUT2D eigenvalue weighted by molar-refractivity contribution is 5.93. The molecule has 1 aliphatic heterocycles. The monoisotopic (exact) mass is 312 g/mol. The number of rotatable bonds is 2. The van der Waals surface area contributed by atoms with Crippen LogP contribution in [-0.4, -0.2) is 35.9 Å². The predicted octanol–water partition coefficient (Wildman–Crippen LogP) is 0.272. The van der Waals surface area contributed by atoms with Crippen LogP contribution in [0.2, 0.25) is 0 Å². The van der Waals surface area contributed by atoms with E-state index in [0.717, 1.165) is 24.5 Å². The van der Waals surface area contributed by atoms with E-state index in [1.165, 1.54) is 6.20 Å². The number of aryl methyl sites for hydroxylation is 1. The number of aromatic nitrogens is 5. The van der Waals surface area contributed by atoms with Crippen LogP contribution in [0.3, 0.4) is 0 Å². The number of H-pyrrole nitrogens is 1. The Hall–Kier alpha value is -2.90. The Morgan fingerprint density at radius 3 is 3.17 bits per heavy atom. The molecule has 0 saturated heterocycles. The molecule has 8 nitrogen and oxygen atoms in total. The zero-order chi connectivity index (χ0) is 16.0. The van der Waals surface area contributed by atoms with E-state index >= 15 is 0 Å². The topological polar surface area (TPSA) is 97.1 Å². The van der Waals surface area contributed by atoms with Gasteiger partial charge < -0.3 is 19.3 Å². The standard InChI is InChI=1S/C15H16N6O2/c1-9-7-17-12-6-10(2-4-21(9)12)18-14(22)11-8-20-5-3-16-15(23)13(20)19-11/h3,5,7-8,10H,2,4,6H2,1H3,(H,16,23)(H,18,22). The summed E-state index contributed by atoms with van der Waals surface area (Å²) in [6, 6.07) is 0.0277. The molecular formula is C15H16N6O2. The van der Waals surface area contributed by atoms with Gasteiger partial charge in [0.2, 0.25) is 5.65 Å². The molecular weight excluding hydrogens is 296 g/mol. The fourth-order valence-electron chi connectivity index (χ4n) is 3.01. The molecule has 0 aromatic carbocycles. The van der Waals surface area contributed by atoms with Crippen LogP contribution >= 0.6 is 0 Å². The van der Waals surface area contributed by atoms with Gasteiger partial charge >= 0.3 is 0 Å². The summed E-state index contributed by atoms with van der Waals surface area (Å²) in [5.41, 5.74) is 1.28. The Balaban J connectivity index is 1.53. The van der Waals surface area contributed by atoms with Gasteiger partial charge in [0.05, 0.1) is 0 Å². The fraction of sp³-hybridized carbons (Fsp3) is 0.333. The van der Waals surface area contributed by atoms with Crippen molar-refractivity contribution in [1.82, 2.24) is 29.2 Å². The van der Waals surface area contributed by atoms with E-state index in [1.54, 1.807) is 16.8 Å². The maximum atomic E-state index is 12.4. The number of hydrogen-bond acceptors (Lipinski definition) is 4. The van der Waals surface area contributed by atoms with Crippen molar-refractivity contribution in [2.75, 3.05) is 0 Å². The highest BCUT2D eigenvalue weighted by Crippen LogP contribution is 2.16. The average Bonchev–Trinajstić information content (AvgIpc) is 3.12. The van der Waals surface area contributed by atoms with E-state index in [1.807, 2.05) is 13.1 Å². The maximum Gasteiger partial charge on any atom is 0.291 e. The molecule has 0 fully saturated rings. The first-order chi connectivity index (χ1) is 11.1. The van der Waals surface area contributed by atoms with Crippen LogP contribution in [-0.2, 0) is 13.0 Å². The van der Waals surface area contributed by atoms with Crippen molar-refractivity contribution in [1.29, 1.82) is 0 Å². The molecule has 1 unspecified atom stereocenters. The fourth-order valence-corrected chi connectivity index (χ4v) is 3.01. The summed E-state index contributed by atoms with van der Waals surface area (Å²) < 4.78 is 3.72. The van der Waals surface area contributed by atoms with E-state index in [0.29, 0.717) is 6.42 Å². The number of amides is 1. The zero-order valence-electron chi connectivity index (χ0n) is 12.6. The Labute approximate surface area is 131 Å². The lowest BCUT2D eigenvalue weighted by Crippen LogP contribution is -2.40. The summed E-state index contributed by atoms with van der Waals surface area (Å²) in [4.78, 5) is 35.1. The van der Waals surface area contributed by atoms with Gasteiger partial charge in [-0.25, -0.2) is 9.97 Å². The molecule has 0 bridgehead atoms. The third kappa shape index (κ3) is 2.32. The molecule has 4 rings (SSSR count). The second-order valence-electron chi connectivity index (χ2n) is 5.78.